The summed E-state index contributed by atoms with van der Waals surface area (Å²) in [6, 6.07) is 0. The number of likely N-dealkylation sites (N-methyl/N-ethyl adjacent to an activating group) is 1. The van der Waals surface area contributed by atoms with E-state index in [1.165, 1.54) is 0 Å². The third kappa shape index (κ3) is 6.27. The number of aliphatic imine (C=N–C) groups is 1. The summed E-state index contributed by atoms with van der Waals surface area (Å²) < 4.78 is 10.9. The van der Waals surface area contributed by atoms with Gasteiger partial charge in [-0.3, -0.25) is 0 Å². The molecule has 1 aliphatic heterocycles. The molecule has 0 radical (unpaired) electrons. The smallest absolute Gasteiger partial charge is 0.191 e. The molecule has 2 rings (SSSR count). The molecule has 0 saturated carbocycles. The SMILES string of the molecule is CCNC(=NCc1c(C)noc1C)NCC1CN(C)CCO1.I. The molecule has 2 N–H and O–H groups in total. The van der Waals surface area contributed by atoms with Gasteiger partial charge in [0.2, 0.25) is 0 Å². The molecule has 0 spiro atoms. The lowest BCUT2D eigenvalue weighted by Crippen LogP contribution is -2.48. The molecule has 1 atom stereocenters. The number of aromatic nitrogens is 1. The number of rotatable bonds is 5. The van der Waals surface area contributed by atoms with E-state index in [1.54, 1.807) is 0 Å². The summed E-state index contributed by atoms with van der Waals surface area (Å²) in [5.41, 5.74) is 1.94. The van der Waals surface area contributed by atoms with E-state index in [1.807, 2.05) is 13.8 Å². The second kappa shape index (κ2) is 10.1. The topological polar surface area (TPSA) is 74.9 Å². The van der Waals surface area contributed by atoms with Crippen LogP contribution in [0.3, 0.4) is 0 Å². The van der Waals surface area contributed by atoms with E-state index >= 15 is 0 Å². The summed E-state index contributed by atoms with van der Waals surface area (Å²) >= 11 is 0. The van der Waals surface area contributed by atoms with Crippen molar-refractivity contribution in [3.63, 3.8) is 0 Å². The fraction of sp³-hybridized carbons (Fsp3) is 0.733. The van der Waals surface area contributed by atoms with Crippen LogP contribution in [0, 0.1) is 13.8 Å². The van der Waals surface area contributed by atoms with Crippen molar-refractivity contribution in [2.75, 3.05) is 39.8 Å². The highest BCUT2D eigenvalue weighted by Crippen LogP contribution is 2.13. The van der Waals surface area contributed by atoms with E-state index in [-0.39, 0.29) is 30.1 Å². The van der Waals surface area contributed by atoms with Crippen LogP contribution in [0.5, 0.6) is 0 Å². The molecule has 2 heterocycles. The van der Waals surface area contributed by atoms with Gasteiger partial charge < -0.3 is 24.8 Å². The van der Waals surface area contributed by atoms with Crippen LogP contribution in [0.15, 0.2) is 9.52 Å². The highest BCUT2D eigenvalue weighted by atomic mass is 127. The Morgan fingerprint density at radius 2 is 2.17 bits per heavy atom. The van der Waals surface area contributed by atoms with Crippen LogP contribution in [0.4, 0.5) is 0 Å². The van der Waals surface area contributed by atoms with Crippen molar-refractivity contribution < 1.29 is 9.26 Å². The first-order valence-corrected chi connectivity index (χ1v) is 7.84. The number of morpholine rings is 1. The molecule has 1 aromatic rings. The normalized spacial score (nSPS) is 19.3. The Morgan fingerprint density at radius 1 is 1.39 bits per heavy atom. The maximum atomic E-state index is 5.75. The Kier molecular flexibility index (Phi) is 8.85. The van der Waals surface area contributed by atoms with Crippen LogP contribution in [-0.4, -0.2) is 62.0 Å². The van der Waals surface area contributed by atoms with E-state index in [4.69, 9.17) is 9.26 Å². The Hall–Kier alpha value is -0.870. The quantitative estimate of drug-likeness (QED) is 0.411. The Bertz CT molecular complexity index is 487. The number of hydrogen-bond donors (Lipinski definition) is 2. The lowest BCUT2D eigenvalue weighted by Gasteiger charge is -2.30. The van der Waals surface area contributed by atoms with Crippen LogP contribution in [0.1, 0.15) is 23.9 Å². The van der Waals surface area contributed by atoms with Crippen LogP contribution in [-0.2, 0) is 11.3 Å². The number of nitrogens with one attached hydrogen (secondary N) is 2. The summed E-state index contributed by atoms with van der Waals surface area (Å²) in [7, 11) is 2.12. The molecule has 132 valence electrons. The Morgan fingerprint density at radius 3 is 2.78 bits per heavy atom. The van der Waals surface area contributed by atoms with Gasteiger partial charge >= 0.3 is 0 Å². The molecule has 1 aliphatic rings. The van der Waals surface area contributed by atoms with Crippen LogP contribution in [0.25, 0.3) is 0 Å². The maximum absolute atomic E-state index is 5.75. The molecular formula is C15H28IN5O2. The largest absolute Gasteiger partial charge is 0.374 e. The summed E-state index contributed by atoms with van der Waals surface area (Å²) in [4.78, 5) is 6.89. The molecule has 1 aromatic heterocycles. The Labute approximate surface area is 155 Å². The number of hydrogen-bond acceptors (Lipinski definition) is 5. The molecule has 8 heteroatoms. The van der Waals surface area contributed by atoms with E-state index in [0.717, 1.165) is 55.8 Å². The van der Waals surface area contributed by atoms with Crippen molar-refractivity contribution in [3.8, 4) is 0 Å². The van der Waals surface area contributed by atoms with Crippen molar-refractivity contribution in [1.29, 1.82) is 0 Å². The molecule has 0 aromatic carbocycles. The summed E-state index contributed by atoms with van der Waals surface area (Å²) in [6.07, 6.45) is 0.196. The van der Waals surface area contributed by atoms with Crippen molar-refractivity contribution in [2.45, 2.75) is 33.4 Å². The zero-order valence-electron chi connectivity index (χ0n) is 14.4. The van der Waals surface area contributed by atoms with Gasteiger partial charge in [0.1, 0.15) is 5.76 Å². The molecule has 1 saturated heterocycles. The number of halogens is 1. The van der Waals surface area contributed by atoms with E-state index in [0.29, 0.717) is 6.54 Å². The average molecular weight is 437 g/mol. The summed E-state index contributed by atoms with van der Waals surface area (Å²) in [6.45, 7) is 10.8. The maximum Gasteiger partial charge on any atom is 0.191 e. The molecule has 7 nitrogen and oxygen atoms in total. The van der Waals surface area contributed by atoms with E-state index in [2.05, 4.69) is 39.7 Å². The molecule has 1 fully saturated rings. The first-order valence-electron chi connectivity index (χ1n) is 7.84. The lowest BCUT2D eigenvalue weighted by molar-refractivity contribution is -0.0161. The van der Waals surface area contributed by atoms with Gasteiger partial charge in [0, 0.05) is 31.7 Å². The van der Waals surface area contributed by atoms with Gasteiger partial charge in [-0.25, -0.2) is 4.99 Å². The van der Waals surface area contributed by atoms with Crippen molar-refractivity contribution in [2.24, 2.45) is 4.99 Å². The zero-order valence-corrected chi connectivity index (χ0v) is 16.7. The third-order valence-electron chi connectivity index (χ3n) is 3.76. The molecular weight excluding hydrogens is 409 g/mol. The second-order valence-corrected chi connectivity index (χ2v) is 5.63. The number of ether oxygens (including phenoxy) is 1. The zero-order chi connectivity index (χ0) is 15.9. The van der Waals surface area contributed by atoms with Crippen molar-refractivity contribution >= 4 is 29.9 Å². The van der Waals surface area contributed by atoms with Crippen LogP contribution in [0.2, 0.25) is 0 Å². The average Bonchev–Trinajstić information content (AvgIpc) is 2.81. The van der Waals surface area contributed by atoms with Gasteiger partial charge in [0.25, 0.3) is 0 Å². The number of aryl methyl sites for hydroxylation is 2. The standard InChI is InChI=1S/C15H27N5O2.HI/c1-5-16-15(17-8-13-10-20(4)6-7-21-13)18-9-14-11(2)19-22-12(14)3;/h13H,5-10H2,1-4H3,(H2,16,17,18);1H. The first kappa shape index (κ1) is 20.2. The first-order chi connectivity index (χ1) is 10.6. The molecule has 1 unspecified atom stereocenters. The van der Waals surface area contributed by atoms with Gasteiger partial charge in [-0.1, -0.05) is 5.16 Å². The number of nitrogens with zero attached hydrogens (tertiary/aromatic N) is 3. The molecule has 0 aliphatic carbocycles. The Balaban J connectivity index is 0.00000264. The third-order valence-corrected chi connectivity index (χ3v) is 3.76. The van der Waals surface area contributed by atoms with Gasteiger partial charge in [0.15, 0.2) is 5.96 Å². The molecule has 23 heavy (non-hydrogen) atoms. The van der Waals surface area contributed by atoms with Crippen molar-refractivity contribution in [1.82, 2.24) is 20.7 Å². The minimum absolute atomic E-state index is 0. The predicted molar refractivity (Wildman–Crippen MR) is 101 cm³/mol. The molecule has 0 bridgehead atoms. The second-order valence-electron chi connectivity index (χ2n) is 5.63. The summed E-state index contributed by atoms with van der Waals surface area (Å²) in [5, 5.41) is 10.6. The van der Waals surface area contributed by atoms with Crippen molar-refractivity contribution in [3.05, 3.63) is 17.0 Å². The number of guanidine groups is 1. The van der Waals surface area contributed by atoms with Crippen LogP contribution < -0.4 is 10.6 Å². The monoisotopic (exact) mass is 437 g/mol. The fourth-order valence-corrected chi connectivity index (χ4v) is 2.43. The minimum Gasteiger partial charge on any atom is -0.374 e. The lowest BCUT2D eigenvalue weighted by atomic mass is 10.2. The van der Waals surface area contributed by atoms with E-state index in [9.17, 15) is 0 Å². The fourth-order valence-electron chi connectivity index (χ4n) is 2.43. The van der Waals surface area contributed by atoms with Gasteiger partial charge in [-0.2, -0.15) is 0 Å². The van der Waals surface area contributed by atoms with Gasteiger partial charge in [-0.05, 0) is 27.8 Å². The van der Waals surface area contributed by atoms with Gasteiger partial charge in [-0.15, -0.1) is 24.0 Å². The summed E-state index contributed by atoms with van der Waals surface area (Å²) in [5.74, 6) is 1.62. The van der Waals surface area contributed by atoms with E-state index < -0.39 is 0 Å². The van der Waals surface area contributed by atoms with Gasteiger partial charge in [0.05, 0.1) is 24.9 Å². The highest BCUT2D eigenvalue weighted by Gasteiger charge is 2.17. The predicted octanol–water partition coefficient (Wildman–Crippen LogP) is 1.30. The van der Waals surface area contributed by atoms with Crippen LogP contribution >= 0.6 is 24.0 Å². The minimum atomic E-state index is 0. The molecule has 0 amide bonds. The highest BCUT2D eigenvalue weighted by molar-refractivity contribution is 14.0.